The summed E-state index contributed by atoms with van der Waals surface area (Å²) in [5, 5.41) is 2.80. The Kier molecular flexibility index (Phi) is 6.74. The zero-order valence-electron chi connectivity index (χ0n) is 17.4. The minimum Gasteiger partial charge on any atom is -0.369 e. The molecule has 0 aromatic heterocycles. The van der Waals surface area contributed by atoms with Crippen molar-refractivity contribution in [3.63, 3.8) is 0 Å². The molecule has 7 nitrogen and oxygen atoms in total. The number of anilines is 2. The van der Waals surface area contributed by atoms with Gasteiger partial charge in [0.25, 0.3) is 0 Å². The number of nitrogens with one attached hydrogen (secondary N) is 1. The Balaban J connectivity index is 1.57. The van der Waals surface area contributed by atoms with E-state index in [0.29, 0.717) is 24.3 Å². The highest BCUT2D eigenvalue weighted by molar-refractivity contribution is 7.89. The molecule has 3 rings (SSSR count). The first-order chi connectivity index (χ1) is 14.2. The molecule has 0 aliphatic carbocycles. The summed E-state index contributed by atoms with van der Waals surface area (Å²) in [6.07, 6.45) is 0. The Morgan fingerprint density at radius 3 is 2.30 bits per heavy atom. The lowest BCUT2D eigenvalue weighted by Crippen LogP contribution is -2.48. The van der Waals surface area contributed by atoms with E-state index < -0.39 is 10.0 Å². The van der Waals surface area contributed by atoms with Gasteiger partial charge >= 0.3 is 0 Å². The topological polar surface area (TPSA) is 73.0 Å². The van der Waals surface area contributed by atoms with E-state index in [4.69, 9.17) is 0 Å². The molecule has 30 heavy (non-hydrogen) atoms. The van der Waals surface area contributed by atoms with Gasteiger partial charge in [-0.05, 0) is 48.9 Å². The third kappa shape index (κ3) is 5.16. The molecule has 0 saturated carbocycles. The van der Waals surface area contributed by atoms with Gasteiger partial charge in [-0.15, -0.1) is 0 Å². The van der Waals surface area contributed by atoms with Crippen molar-refractivity contribution in [2.45, 2.75) is 11.8 Å². The molecule has 1 amide bonds. The van der Waals surface area contributed by atoms with Crippen LogP contribution in [0.5, 0.6) is 0 Å². The van der Waals surface area contributed by atoms with Crippen LogP contribution in [0.25, 0.3) is 0 Å². The smallest absolute Gasteiger partial charge is 0.242 e. The molecule has 0 atom stereocenters. The molecule has 1 N–H and O–H groups in total. The number of piperazine rings is 1. The Morgan fingerprint density at radius 1 is 1.07 bits per heavy atom. The zero-order valence-corrected chi connectivity index (χ0v) is 18.2. The molecule has 2 aromatic carbocycles. The van der Waals surface area contributed by atoms with Gasteiger partial charge in [0, 0.05) is 51.6 Å². The Bertz CT molecular complexity index is 1000. The van der Waals surface area contributed by atoms with Crippen LogP contribution in [0.3, 0.4) is 0 Å². The van der Waals surface area contributed by atoms with Crippen LogP contribution in [-0.2, 0) is 14.8 Å². The minimum atomic E-state index is -3.59. The summed E-state index contributed by atoms with van der Waals surface area (Å²) in [5.41, 5.74) is 2.05. The molecule has 1 fully saturated rings. The number of hydrogen-bond acceptors (Lipinski definition) is 5. The zero-order chi connectivity index (χ0) is 21.9. The van der Waals surface area contributed by atoms with Crippen molar-refractivity contribution in [2.24, 2.45) is 0 Å². The molecule has 162 valence electrons. The van der Waals surface area contributed by atoms with Gasteiger partial charge in [-0.3, -0.25) is 9.69 Å². The van der Waals surface area contributed by atoms with E-state index in [-0.39, 0.29) is 23.2 Å². The van der Waals surface area contributed by atoms with Crippen LogP contribution in [0.4, 0.5) is 15.8 Å². The van der Waals surface area contributed by atoms with Crippen molar-refractivity contribution in [1.82, 2.24) is 9.21 Å². The number of hydrogen-bond donors (Lipinski definition) is 1. The number of sulfonamides is 1. The van der Waals surface area contributed by atoms with Crippen molar-refractivity contribution in [3.05, 3.63) is 53.8 Å². The predicted octanol–water partition coefficient (Wildman–Crippen LogP) is 2.15. The van der Waals surface area contributed by atoms with Gasteiger partial charge in [0.05, 0.1) is 11.4 Å². The highest BCUT2D eigenvalue weighted by atomic mass is 32.2. The molecule has 1 saturated heterocycles. The van der Waals surface area contributed by atoms with Gasteiger partial charge in [-0.25, -0.2) is 17.1 Å². The highest BCUT2D eigenvalue weighted by Crippen LogP contribution is 2.22. The van der Waals surface area contributed by atoms with Crippen LogP contribution < -0.4 is 10.2 Å². The van der Waals surface area contributed by atoms with Gasteiger partial charge in [0.2, 0.25) is 15.9 Å². The summed E-state index contributed by atoms with van der Waals surface area (Å²) in [6, 6.07) is 11.3. The number of aryl methyl sites for hydroxylation is 1. The van der Waals surface area contributed by atoms with Gasteiger partial charge in [-0.1, -0.05) is 6.07 Å². The summed E-state index contributed by atoms with van der Waals surface area (Å²) < 4.78 is 39.1. The van der Waals surface area contributed by atoms with E-state index in [2.05, 4.69) is 10.2 Å². The lowest BCUT2D eigenvalue weighted by molar-refractivity contribution is -0.117. The first-order valence-electron chi connectivity index (χ1n) is 9.73. The van der Waals surface area contributed by atoms with Crippen molar-refractivity contribution in [3.8, 4) is 0 Å². The first-order valence-corrected chi connectivity index (χ1v) is 11.2. The van der Waals surface area contributed by atoms with E-state index in [0.717, 1.165) is 23.1 Å². The van der Waals surface area contributed by atoms with Crippen LogP contribution in [0.1, 0.15) is 5.56 Å². The molecule has 0 spiro atoms. The maximum atomic E-state index is 13.1. The van der Waals surface area contributed by atoms with Gasteiger partial charge < -0.3 is 10.2 Å². The summed E-state index contributed by atoms with van der Waals surface area (Å²) in [6.45, 7) is 4.85. The lowest BCUT2D eigenvalue weighted by Gasteiger charge is -2.35. The van der Waals surface area contributed by atoms with Gasteiger partial charge in [0.1, 0.15) is 5.82 Å². The summed E-state index contributed by atoms with van der Waals surface area (Å²) in [4.78, 5) is 16.9. The monoisotopic (exact) mass is 434 g/mol. The van der Waals surface area contributed by atoms with Crippen LogP contribution in [0.15, 0.2) is 47.4 Å². The van der Waals surface area contributed by atoms with E-state index in [1.165, 1.54) is 32.3 Å². The first kappa shape index (κ1) is 22.2. The molecule has 0 unspecified atom stereocenters. The van der Waals surface area contributed by atoms with Crippen LogP contribution >= 0.6 is 0 Å². The fraction of sp³-hybridized carbons (Fsp3) is 0.381. The number of rotatable bonds is 6. The minimum absolute atomic E-state index is 0.179. The normalized spacial score (nSPS) is 15.4. The third-order valence-corrected chi connectivity index (χ3v) is 7.12. The lowest BCUT2D eigenvalue weighted by atomic mass is 10.2. The van der Waals surface area contributed by atoms with Crippen LogP contribution in [-0.4, -0.2) is 70.3 Å². The molecule has 0 bridgehead atoms. The third-order valence-electron chi connectivity index (χ3n) is 5.16. The number of carbonyl (C=O) groups is 1. The molecule has 1 heterocycles. The van der Waals surface area contributed by atoms with Crippen molar-refractivity contribution in [1.29, 1.82) is 0 Å². The average molecular weight is 435 g/mol. The largest absolute Gasteiger partial charge is 0.369 e. The van der Waals surface area contributed by atoms with E-state index >= 15 is 0 Å². The Hall–Kier alpha value is -2.49. The van der Waals surface area contributed by atoms with Gasteiger partial charge in [0.15, 0.2) is 0 Å². The molecular weight excluding hydrogens is 407 g/mol. The van der Waals surface area contributed by atoms with E-state index in [1.54, 1.807) is 31.2 Å². The second-order valence-corrected chi connectivity index (χ2v) is 9.68. The number of carbonyl (C=O) groups excluding carboxylic acids is 1. The molecule has 1 aliphatic heterocycles. The SMILES string of the molecule is Cc1ccc(NC(=O)CN2CCN(c3ccc(F)cc3)CC2)cc1S(=O)(=O)N(C)C. The number of halogens is 1. The Morgan fingerprint density at radius 2 is 1.70 bits per heavy atom. The maximum Gasteiger partial charge on any atom is 0.242 e. The van der Waals surface area contributed by atoms with Crippen LogP contribution in [0, 0.1) is 12.7 Å². The molecule has 0 radical (unpaired) electrons. The fourth-order valence-corrected chi connectivity index (χ4v) is 4.52. The van der Waals surface area contributed by atoms with E-state index in [9.17, 15) is 17.6 Å². The maximum absolute atomic E-state index is 13.1. The molecule has 2 aromatic rings. The van der Waals surface area contributed by atoms with Crippen molar-refractivity contribution < 1.29 is 17.6 Å². The predicted molar refractivity (Wildman–Crippen MR) is 116 cm³/mol. The summed E-state index contributed by atoms with van der Waals surface area (Å²) in [5.74, 6) is -0.450. The van der Waals surface area contributed by atoms with Crippen molar-refractivity contribution in [2.75, 3.05) is 57.0 Å². The second kappa shape index (κ2) is 9.11. The number of nitrogens with zero attached hydrogens (tertiary/aromatic N) is 3. The van der Waals surface area contributed by atoms with E-state index in [1.807, 2.05) is 4.90 Å². The molecule has 1 aliphatic rings. The summed E-state index contributed by atoms with van der Waals surface area (Å²) >= 11 is 0. The standard InChI is InChI=1S/C21H27FN4O3S/c1-16-4-7-18(14-20(16)30(28,29)24(2)3)23-21(27)15-25-10-12-26(13-11-25)19-8-5-17(22)6-9-19/h4-9,14H,10-13,15H2,1-3H3,(H,23,27). The highest BCUT2D eigenvalue weighted by Gasteiger charge is 2.22. The van der Waals surface area contributed by atoms with Crippen molar-refractivity contribution >= 4 is 27.3 Å². The number of amides is 1. The quantitative estimate of drug-likeness (QED) is 0.754. The fourth-order valence-electron chi connectivity index (χ4n) is 3.37. The van der Waals surface area contributed by atoms with Gasteiger partial charge in [-0.2, -0.15) is 0 Å². The molecular formula is C21H27FN4O3S. The summed E-state index contributed by atoms with van der Waals surface area (Å²) in [7, 11) is -0.630. The molecule has 9 heteroatoms. The number of benzene rings is 2. The Labute approximate surface area is 177 Å². The average Bonchev–Trinajstić information content (AvgIpc) is 2.70. The van der Waals surface area contributed by atoms with Crippen LogP contribution in [0.2, 0.25) is 0 Å². The second-order valence-electron chi connectivity index (χ2n) is 7.56.